The van der Waals surface area contributed by atoms with Crippen molar-refractivity contribution in [1.29, 1.82) is 0 Å². The van der Waals surface area contributed by atoms with Crippen LogP contribution in [0.3, 0.4) is 0 Å². The van der Waals surface area contributed by atoms with Crippen molar-refractivity contribution in [2.45, 2.75) is 5.41 Å². The van der Waals surface area contributed by atoms with Gasteiger partial charge in [0.05, 0.1) is 16.8 Å². The molecule has 57 heavy (non-hydrogen) atoms. The van der Waals surface area contributed by atoms with Crippen LogP contribution < -0.4 is 0 Å². The van der Waals surface area contributed by atoms with Crippen molar-refractivity contribution in [3.8, 4) is 56.2 Å². The predicted molar refractivity (Wildman–Crippen MR) is 236 cm³/mol. The Hall–Kier alpha value is -7.42. The molecule has 1 aliphatic rings. The Morgan fingerprint density at radius 3 is 1.44 bits per heavy atom. The van der Waals surface area contributed by atoms with Crippen molar-refractivity contribution in [3.63, 3.8) is 0 Å². The Morgan fingerprint density at radius 1 is 0.298 bits per heavy atom. The van der Waals surface area contributed by atoms with E-state index in [1.54, 1.807) is 0 Å². The molecule has 1 aromatic heterocycles. The van der Waals surface area contributed by atoms with Crippen LogP contribution in [-0.4, -0.2) is 9.97 Å². The third-order valence-corrected chi connectivity index (χ3v) is 11.8. The minimum Gasteiger partial charge on any atom is -0.228 e. The van der Waals surface area contributed by atoms with Crippen molar-refractivity contribution >= 4 is 21.5 Å². The van der Waals surface area contributed by atoms with Crippen molar-refractivity contribution < 1.29 is 0 Å². The maximum atomic E-state index is 5.26. The summed E-state index contributed by atoms with van der Waals surface area (Å²) < 4.78 is 0. The fraction of sp³-hybridized carbons (Fsp3) is 0.0182. The van der Waals surface area contributed by atoms with E-state index in [9.17, 15) is 0 Å². The van der Waals surface area contributed by atoms with E-state index in [2.05, 4.69) is 194 Å². The molecule has 0 amide bonds. The van der Waals surface area contributed by atoms with Crippen molar-refractivity contribution in [2.24, 2.45) is 0 Å². The third-order valence-electron chi connectivity index (χ3n) is 11.8. The molecule has 10 aromatic rings. The minimum absolute atomic E-state index is 0.577. The molecule has 0 radical (unpaired) electrons. The van der Waals surface area contributed by atoms with Gasteiger partial charge in [-0.3, -0.25) is 0 Å². The first kappa shape index (κ1) is 33.0. The second kappa shape index (κ2) is 13.4. The topological polar surface area (TPSA) is 25.8 Å². The fourth-order valence-electron chi connectivity index (χ4n) is 9.37. The van der Waals surface area contributed by atoms with Gasteiger partial charge in [-0.15, -0.1) is 0 Å². The molecule has 0 unspecified atom stereocenters. The molecule has 0 atom stereocenters. The molecule has 266 valence electrons. The number of aromatic nitrogens is 2. The van der Waals surface area contributed by atoms with E-state index in [1.807, 2.05) is 24.3 Å². The summed E-state index contributed by atoms with van der Waals surface area (Å²) in [5.41, 5.74) is 14.5. The number of benzene rings is 9. The molecule has 11 rings (SSSR count). The maximum Gasteiger partial charge on any atom is 0.160 e. The molecule has 9 aromatic carbocycles. The normalized spacial score (nSPS) is 12.7. The largest absolute Gasteiger partial charge is 0.228 e. The number of hydrogen-bond donors (Lipinski definition) is 0. The Morgan fingerprint density at radius 2 is 0.772 bits per heavy atom. The lowest BCUT2D eigenvalue weighted by atomic mass is 9.65. The highest BCUT2D eigenvalue weighted by Crippen LogP contribution is 2.60. The minimum atomic E-state index is -0.577. The molecule has 2 nitrogen and oxygen atoms in total. The average molecular weight is 725 g/mol. The molecule has 0 bridgehead atoms. The lowest BCUT2D eigenvalue weighted by Gasteiger charge is -2.36. The highest BCUT2D eigenvalue weighted by Gasteiger charge is 2.48. The zero-order valence-electron chi connectivity index (χ0n) is 31.2. The molecule has 0 fully saturated rings. The molecule has 0 saturated heterocycles. The smallest absolute Gasteiger partial charge is 0.160 e. The molecule has 0 spiro atoms. The lowest BCUT2D eigenvalue weighted by Crippen LogP contribution is -2.29. The Balaban J connectivity index is 1.20. The van der Waals surface area contributed by atoms with Gasteiger partial charge < -0.3 is 0 Å². The van der Waals surface area contributed by atoms with Crippen LogP contribution >= 0.6 is 0 Å². The van der Waals surface area contributed by atoms with Crippen LogP contribution in [-0.2, 0) is 5.41 Å². The Kier molecular flexibility index (Phi) is 7.75. The monoisotopic (exact) mass is 724 g/mol. The predicted octanol–water partition coefficient (Wildman–Crippen LogP) is 13.8. The van der Waals surface area contributed by atoms with E-state index in [1.165, 1.54) is 60.7 Å². The van der Waals surface area contributed by atoms with Crippen molar-refractivity contribution in [2.75, 3.05) is 0 Å². The summed E-state index contributed by atoms with van der Waals surface area (Å²) in [6.07, 6.45) is 0. The molecule has 0 aliphatic heterocycles. The van der Waals surface area contributed by atoms with Gasteiger partial charge in [-0.25, -0.2) is 9.97 Å². The lowest BCUT2D eigenvalue weighted by molar-refractivity contribution is 0.777. The zero-order chi connectivity index (χ0) is 37.8. The van der Waals surface area contributed by atoms with Crippen LogP contribution in [0.25, 0.3) is 77.7 Å². The first-order valence-corrected chi connectivity index (χ1v) is 19.6. The van der Waals surface area contributed by atoms with E-state index in [0.29, 0.717) is 5.82 Å². The Labute approximate surface area is 332 Å². The van der Waals surface area contributed by atoms with Crippen LogP contribution in [0.15, 0.2) is 218 Å². The molecule has 1 aliphatic carbocycles. The van der Waals surface area contributed by atoms with Crippen LogP contribution in [0.2, 0.25) is 0 Å². The van der Waals surface area contributed by atoms with E-state index in [-0.39, 0.29) is 0 Å². The molecule has 2 heteroatoms. The summed E-state index contributed by atoms with van der Waals surface area (Å²) in [4.78, 5) is 10.3. The SMILES string of the molecule is c1ccc(-c2cc(-c3ccc(-c4cccc5c4C(c4ccccc4)(c4ccccc4)c4c-5ccc5ccccc45)c4ccccc34)nc(-c3ccccc3)n2)cc1. The van der Waals surface area contributed by atoms with Gasteiger partial charge in [0.25, 0.3) is 0 Å². The molecule has 1 heterocycles. The third kappa shape index (κ3) is 5.18. The number of fused-ring (bicyclic) bond motifs is 6. The number of nitrogens with zero attached hydrogens (tertiary/aromatic N) is 2. The van der Waals surface area contributed by atoms with Gasteiger partial charge in [-0.1, -0.05) is 212 Å². The summed E-state index contributed by atoms with van der Waals surface area (Å²) in [6.45, 7) is 0. The second-order valence-corrected chi connectivity index (χ2v) is 14.8. The van der Waals surface area contributed by atoms with E-state index in [0.717, 1.165) is 33.5 Å². The van der Waals surface area contributed by atoms with Gasteiger partial charge in [-0.05, 0) is 72.1 Å². The first-order valence-electron chi connectivity index (χ1n) is 19.6. The second-order valence-electron chi connectivity index (χ2n) is 14.8. The standard InChI is InChI=1S/C55H36N2/c1-5-19-38(20-6-1)50-36-51(57-54(56-50)39-21-7-2-8-22-39)46-35-34-45(43-28-15-16-29-44(43)46)47-30-17-31-48-49-33-32-37-18-13-14-27-42(37)52(49)55(53(47)48,40-23-9-3-10-24-40)41-25-11-4-12-26-41/h1-36H. The van der Waals surface area contributed by atoms with E-state index >= 15 is 0 Å². The first-order chi connectivity index (χ1) is 28.3. The molecule has 0 saturated carbocycles. The number of rotatable bonds is 6. The number of hydrogen-bond acceptors (Lipinski definition) is 2. The van der Waals surface area contributed by atoms with E-state index < -0.39 is 5.41 Å². The molecular weight excluding hydrogens is 689 g/mol. The fourth-order valence-corrected chi connectivity index (χ4v) is 9.37. The highest BCUT2D eigenvalue weighted by atomic mass is 14.9. The summed E-state index contributed by atoms with van der Waals surface area (Å²) >= 11 is 0. The van der Waals surface area contributed by atoms with Gasteiger partial charge in [0, 0.05) is 16.7 Å². The van der Waals surface area contributed by atoms with Crippen LogP contribution in [0.5, 0.6) is 0 Å². The summed E-state index contributed by atoms with van der Waals surface area (Å²) in [5.74, 6) is 0.710. The van der Waals surface area contributed by atoms with Gasteiger partial charge in [0.1, 0.15) is 0 Å². The summed E-state index contributed by atoms with van der Waals surface area (Å²) in [6, 6.07) is 78.9. The quantitative estimate of drug-likeness (QED) is 0.171. The van der Waals surface area contributed by atoms with Gasteiger partial charge in [0.15, 0.2) is 5.82 Å². The van der Waals surface area contributed by atoms with Crippen LogP contribution in [0.4, 0.5) is 0 Å². The van der Waals surface area contributed by atoms with Crippen molar-refractivity contribution in [1.82, 2.24) is 9.97 Å². The van der Waals surface area contributed by atoms with E-state index in [4.69, 9.17) is 9.97 Å². The zero-order valence-corrected chi connectivity index (χ0v) is 31.2. The van der Waals surface area contributed by atoms with Crippen molar-refractivity contribution in [3.05, 3.63) is 241 Å². The van der Waals surface area contributed by atoms with Crippen LogP contribution in [0, 0.1) is 0 Å². The molecule has 0 N–H and O–H groups in total. The van der Waals surface area contributed by atoms with Gasteiger partial charge in [0.2, 0.25) is 0 Å². The maximum absolute atomic E-state index is 5.26. The summed E-state index contributed by atoms with van der Waals surface area (Å²) in [7, 11) is 0. The summed E-state index contributed by atoms with van der Waals surface area (Å²) in [5, 5.41) is 4.85. The van der Waals surface area contributed by atoms with Gasteiger partial charge in [-0.2, -0.15) is 0 Å². The highest BCUT2D eigenvalue weighted by molar-refractivity contribution is 6.08. The van der Waals surface area contributed by atoms with Crippen LogP contribution in [0.1, 0.15) is 22.3 Å². The Bertz CT molecular complexity index is 3000. The molecular formula is C55H36N2. The average Bonchev–Trinajstić information content (AvgIpc) is 3.62. The van der Waals surface area contributed by atoms with Gasteiger partial charge >= 0.3 is 0 Å².